The zero-order valence-corrected chi connectivity index (χ0v) is 7.38. The molecule has 0 aliphatic rings. The van der Waals surface area contributed by atoms with Gasteiger partial charge in [-0.1, -0.05) is 42.5 Å². The number of allylic oxidation sites excluding steroid dienone is 4. The van der Waals surface area contributed by atoms with Crippen LogP contribution in [0.3, 0.4) is 0 Å². The monoisotopic (exact) mass is 172 g/mol. The van der Waals surface area contributed by atoms with E-state index in [1.54, 1.807) is 6.08 Å². The van der Waals surface area contributed by atoms with Gasteiger partial charge in [-0.2, -0.15) is 0 Å². The molecule has 0 radical (unpaired) electrons. The van der Waals surface area contributed by atoms with E-state index in [1.807, 2.05) is 25.2 Å². The third kappa shape index (κ3) is 5.89. The summed E-state index contributed by atoms with van der Waals surface area (Å²) >= 11 is 5.39. The van der Waals surface area contributed by atoms with Gasteiger partial charge in [0.05, 0.1) is 0 Å². The minimum absolute atomic E-state index is 0.475. The van der Waals surface area contributed by atoms with E-state index in [4.69, 9.17) is 16.7 Å². The summed E-state index contributed by atoms with van der Waals surface area (Å²) in [4.78, 5) is 0. The Kier molecular flexibility index (Phi) is 5.90. The second kappa shape index (κ2) is 6.20. The number of aliphatic hydroxyl groups excluding tert-OH is 1. The fourth-order valence-electron chi connectivity index (χ4n) is 0.668. The van der Waals surface area contributed by atoms with E-state index in [-0.39, 0.29) is 0 Å². The predicted octanol–water partition coefficient (Wildman–Crippen LogP) is 2.62. The Morgan fingerprint density at radius 1 is 1.73 bits per heavy atom. The van der Waals surface area contributed by atoms with Crippen molar-refractivity contribution in [1.82, 2.24) is 0 Å². The van der Waals surface area contributed by atoms with E-state index in [9.17, 15) is 0 Å². The number of halogens is 1. The van der Waals surface area contributed by atoms with E-state index >= 15 is 0 Å². The molecular weight excluding hydrogens is 160 g/mol. The molecule has 1 N–H and O–H groups in total. The molecule has 0 heterocycles. The first-order chi connectivity index (χ1) is 5.20. The average molecular weight is 173 g/mol. The Hall–Kier alpha value is -0.530. The smallest absolute Gasteiger partial charge is 0.132 e. The van der Waals surface area contributed by atoms with Gasteiger partial charge in [-0.05, 0) is 12.5 Å². The molecule has 0 aromatic heterocycles. The van der Waals surface area contributed by atoms with Crippen LogP contribution in [-0.2, 0) is 0 Å². The summed E-state index contributed by atoms with van der Waals surface area (Å²) in [7, 11) is 0. The molecule has 11 heavy (non-hydrogen) atoms. The standard InChI is InChI=1S/C9H13ClO/c1-3-5-6-8(4-2)7-9(10)11/h3-6,9,11H,1,7H2,2H3/b6-5-,8-4+. The molecule has 0 aromatic rings. The summed E-state index contributed by atoms with van der Waals surface area (Å²) in [6, 6.07) is 0. The fraction of sp³-hybridized carbons (Fsp3) is 0.333. The van der Waals surface area contributed by atoms with Crippen molar-refractivity contribution in [3.63, 3.8) is 0 Å². The predicted molar refractivity (Wildman–Crippen MR) is 49.6 cm³/mol. The fourth-order valence-corrected chi connectivity index (χ4v) is 0.846. The van der Waals surface area contributed by atoms with Crippen molar-refractivity contribution in [1.29, 1.82) is 0 Å². The molecule has 0 fully saturated rings. The van der Waals surface area contributed by atoms with Gasteiger partial charge in [0.2, 0.25) is 0 Å². The first-order valence-electron chi connectivity index (χ1n) is 3.47. The number of aliphatic hydroxyl groups is 1. The Balaban J connectivity index is 3.98. The quantitative estimate of drug-likeness (QED) is 0.511. The third-order valence-corrected chi connectivity index (χ3v) is 1.38. The second-order valence-electron chi connectivity index (χ2n) is 2.10. The second-order valence-corrected chi connectivity index (χ2v) is 2.60. The molecule has 0 bridgehead atoms. The Morgan fingerprint density at radius 3 is 2.73 bits per heavy atom. The highest BCUT2D eigenvalue weighted by Gasteiger charge is 1.98. The Morgan fingerprint density at radius 2 is 2.36 bits per heavy atom. The van der Waals surface area contributed by atoms with E-state index in [1.165, 1.54) is 0 Å². The molecule has 1 nitrogen and oxygen atoms in total. The highest BCUT2D eigenvalue weighted by atomic mass is 35.5. The van der Waals surface area contributed by atoms with Gasteiger partial charge in [0.15, 0.2) is 0 Å². The van der Waals surface area contributed by atoms with Crippen molar-refractivity contribution in [2.24, 2.45) is 0 Å². The molecule has 0 saturated carbocycles. The largest absolute Gasteiger partial charge is 0.377 e. The van der Waals surface area contributed by atoms with Crippen LogP contribution in [0.25, 0.3) is 0 Å². The van der Waals surface area contributed by atoms with Gasteiger partial charge >= 0.3 is 0 Å². The lowest BCUT2D eigenvalue weighted by atomic mass is 10.2. The first kappa shape index (κ1) is 10.5. The summed E-state index contributed by atoms with van der Waals surface area (Å²) in [5.74, 6) is 0. The molecule has 62 valence electrons. The summed E-state index contributed by atoms with van der Waals surface area (Å²) in [6.07, 6.45) is 7.76. The van der Waals surface area contributed by atoms with Gasteiger partial charge < -0.3 is 5.11 Å². The van der Waals surface area contributed by atoms with Crippen molar-refractivity contribution in [2.75, 3.05) is 0 Å². The molecule has 0 aliphatic carbocycles. The molecule has 2 heteroatoms. The Bertz CT molecular complexity index is 168. The maximum Gasteiger partial charge on any atom is 0.132 e. The van der Waals surface area contributed by atoms with Crippen LogP contribution >= 0.6 is 11.6 Å². The van der Waals surface area contributed by atoms with Gasteiger partial charge in [-0.25, -0.2) is 0 Å². The van der Waals surface area contributed by atoms with Crippen LogP contribution in [-0.4, -0.2) is 10.7 Å². The Labute approximate surface area is 72.7 Å². The zero-order chi connectivity index (χ0) is 8.69. The van der Waals surface area contributed by atoms with E-state index in [2.05, 4.69) is 6.58 Å². The van der Waals surface area contributed by atoms with Gasteiger partial charge in [0.1, 0.15) is 5.56 Å². The van der Waals surface area contributed by atoms with E-state index in [0.717, 1.165) is 5.57 Å². The van der Waals surface area contributed by atoms with Crippen LogP contribution in [0.2, 0.25) is 0 Å². The first-order valence-corrected chi connectivity index (χ1v) is 3.90. The summed E-state index contributed by atoms with van der Waals surface area (Å²) in [6.45, 7) is 5.44. The lowest BCUT2D eigenvalue weighted by molar-refractivity contribution is 0.258. The third-order valence-electron chi connectivity index (χ3n) is 1.22. The van der Waals surface area contributed by atoms with Gasteiger partial charge in [-0.15, -0.1) is 0 Å². The number of hydrogen-bond acceptors (Lipinski definition) is 1. The van der Waals surface area contributed by atoms with Gasteiger partial charge in [0.25, 0.3) is 0 Å². The van der Waals surface area contributed by atoms with Crippen molar-refractivity contribution < 1.29 is 5.11 Å². The highest BCUT2D eigenvalue weighted by Crippen LogP contribution is 2.09. The van der Waals surface area contributed by atoms with Crippen LogP contribution in [0.5, 0.6) is 0 Å². The van der Waals surface area contributed by atoms with Gasteiger partial charge in [-0.3, -0.25) is 0 Å². The molecular formula is C9H13ClO. The highest BCUT2D eigenvalue weighted by molar-refractivity contribution is 6.19. The summed E-state index contributed by atoms with van der Waals surface area (Å²) in [5, 5.41) is 8.82. The van der Waals surface area contributed by atoms with Crippen LogP contribution in [0.1, 0.15) is 13.3 Å². The van der Waals surface area contributed by atoms with Crippen LogP contribution in [0.4, 0.5) is 0 Å². The van der Waals surface area contributed by atoms with Crippen molar-refractivity contribution >= 4 is 11.6 Å². The molecule has 0 saturated heterocycles. The van der Waals surface area contributed by atoms with Gasteiger partial charge in [0, 0.05) is 6.42 Å². The number of rotatable bonds is 4. The molecule has 0 amide bonds. The molecule has 1 atom stereocenters. The zero-order valence-electron chi connectivity index (χ0n) is 6.63. The number of hydrogen-bond donors (Lipinski definition) is 1. The normalized spacial score (nSPS) is 15.4. The topological polar surface area (TPSA) is 20.2 Å². The van der Waals surface area contributed by atoms with E-state index in [0.29, 0.717) is 6.42 Å². The molecule has 0 aliphatic heterocycles. The van der Waals surface area contributed by atoms with Crippen LogP contribution in [0, 0.1) is 0 Å². The molecule has 0 spiro atoms. The maximum atomic E-state index is 8.82. The van der Waals surface area contributed by atoms with Crippen molar-refractivity contribution in [2.45, 2.75) is 18.9 Å². The van der Waals surface area contributed by atoms with E-state index < -0.39 is 5.56 Å². The number of alkyl halides is 1. The lowest BCUT2D eigenvalue weighted by Crippen LogP contribution is -1.95. The SMILES string of the molecule is C=C/C=C\C(=C/C)CC(O)Cl. The molecule has 1 unspecified atom stereocenters. The molecule has 0 rings (SSSR count). The average Bonchev–Trinajstić information content (AvgIpc) is 1.97. The summed E-state index contributed by atoms with van der Waals surface area (Å²) < 4.78 is 0. The van der Waals surface area contributed by atoms with Crippen LogP contribution in [0.15, 0.2) is 36.5 Å². The lowest BCUT2D eigenvalue weighted by Gasteiger charge is -2.01. The molecule has 0 aromatic carbocycles. The van der Waals surface area contributed by atoms with Crippen LogP contribution < -0.4 is 0 Å². The van der Waals surface area contributed by atoms with Crippen molar-refractivity contribution in [3.05, 3.63) is 36.5 Å². The summed E-state index contributed by atoms with van der Waals surface area (Å²) in [5.41, 5.74) is 0.211. The van der Waals surface area contributed by atoms with Crippen molar-refractivity contribution in [3.8, 4) is 0 Å². The minimum atomic E-state index is -0.796. The minimum Gasteiger partial charge on any atom is -0.377 e. The maximum absolute atomic E-state index is 8.82.